The summed E-state index contributed by atoms with van der Waals surface area (Å²) in [6.45, 7) is 8.45. The van der Waals surface area contributed by atoms with Gasteiger partial charge in [0.05, 0.1) is 6.04 Å². The van der Waals surface area contributed by atoms with E-state index in [2.05, 4.69) is 51.6 Å². The van der Waals surface area contributed by atoms with Crippen LogP contribution in [0.2, 0.25) is 0 Å². The van der Waals surface area contributed by atoms with E-state index in [0.29, 0.717) is 11.3 Å². The standard InChI is InChI=1S/C18H24N4O.ClH/c1-13-20-21-17(23-13)16-9-14-5-3-4-6-15(14)10-22(16)12-18(2)7-8-19-11-18;/h3-6,16,19H,7-12H2,1-2H3;1H. The van der Waals surface area contributed by atoms with Gasteiger partial charge >= 0.3 is 0 Å². The third-order valence-corrected chi connectivity index (χ3v) is 5.21. The minimum absolute atomic E-state index is 0. The zero-order chi connectivity index (χ0) is 15.9. The van der Waals surface area contributed by atoms with Gasteiger partial charge in [0.1, 0.15) is 0 Å². The van der Waals surface area contributed by atoms with Gasteiger partial charge < -0.3 is 9.73 Å². The largest absolute Gasteiger partial charge is 0.424 e. The molecular formula is C18H25ClN4O. The van der Waals surface area contributed by atoms with E-state index in [1.165, 1.54) is 17.5 Å². The van der Waals surface area contributed by atoms with E-state index < -0.39 is 0 Å². The lowest BCUT2D eigenvalue weighted by atomic mass is 9.86. The molecule has 130 valence electrons. The number of aryl methyl sites for hydroxylation is 1. The zero-order valence-electron chi connectivity index (χ0n) is 14.3. The van der Waals surface area contributed by atoms with Crippen molar-refractivity contribution in [2.45, 2.75) is 39.3 Å². The van der Waals surface area contributed by atoms with Gasteiger partial charge in [0, 0.05) is 26.6 Å². The Kier molecular flexibility index (Phi) is 4.95. The predicted molar refractivity (Wildman–Crippen MR) is 95.2 cm³/mol. The van der Waals surface area contributed by atoms with Crippen molar-refractivity contribution < 1.29 is 4.42 Å². The molecule has 4 rings (SSSR count). The van der Waals surface area contributed by atoms with Gasteiger partial charge in [-0.3, -0.25) is 4.90 Å². The molecule has 1 aromatic carbocycles. The maximum Gasteiger partial charge on any atom is 0.233 e. The number of hydrogen-bond acceptors (Lipinski definition) is 5. The van der Waals surface area contributed by atoms with Crippen LogP contribution in [-0.2, 0) is 13.0 Å². The van der Waals surface area contributed by atoms with Crippen LogP contribution in [0.5, 0.6) is 0 Å². The van der Waals surface area contributed by atoms with Crippen molar-refractivity contribution in [2.75, 3.05) is 19.6 Å². The van der Waals surface area contributed by atoms with Crippen LogP contribution in [0.15, 0.2) is 28.7 Å². The second kappa shape index (κ2) is 6.82. The van der Waals surface area contributed by atoms with E-state index in [-0.39, 0.29) is 18.4 Å². The molecule has 0 aliphatic carbocycles. The Hall–Kier alpha value is -1.43. The molecule has 24 heavy (non-hydrogen) atoms. The molecule has 0 bridgehead atoms. The Morgan fingerprint density at radius 2 is 2.08 bits per heavy atom. The van der Waals surface area contributed by atoms with E-state index in [9.17, 15) is 0 Å². The summed E-state index contributed by atoms with van der Waals surface area (Å²) >= 11 is 0. The molecule has 0 saturated carbocycles. The van der Waals surface area contributed by atoms with Crippen LogP contribution < -0.4 is 5.32 Å². The number of nitrogens with one attached hydrogen (secondary N) is 1. The van der Waals surface area contributed by atoms with Crippen molar-refractivity contribution in [2.24, 2.45) is 5.41 Å². The lowest BCUT2D eigenvalue weighted by molar-refractivity contribution is 0.0933. The summed E-state index contributed by atoms with van der Waals surface area (Å²) in [5.41, 5.74) is 3.15. The topological polar surface area (TPSA) is 54.2 Å². The highest BCUT2D eigenvalue weighted by molar-refractivity contribution is 5.85. The van der Waals surface area contributed by atoms with Crippen molar-refractivity contribution in [3.8, 4) is 0 Å². The highest BCUT2D eigenvalue weighted by Gasteiger charge is 2.37. The smallest absolute Gasteiger partial charge is 0.233 e. The summed E-state index contributed by atoms with van der Waals surface area (Å²) in [4.78, 5) is 2.53. The molecular weight excluding hydrogens is 324 g/mol. The van der Waals surface area contributed by atoms with Gasteiger partial charge in [-0.2, -0.15) is 0 Å². The maximum absolute atomic E-state index is 5.79. The monoisotopic (exact) mass is 348 g/mol. The average molecular weight is 349 g/mol. The fourth-order valence-corrected chi connectivity index (χ4v) is 3.93. The highest BCUT2D eigenvalue weighted by Crippen LogP contribution is 2.36. The fourth-order valence-electron chi connectivity index (χ4n) is 3.93. The van der Waals surface area contributed by atoms with E-state index in [4.69, 9.17) is 4.42 Å². The quantitative estimate of drug-likeness (QED) is 0.924. The van der Waals surface area contributed by atoms with Crippen molar-refractivity contribution in [1.29, 1.82) is 0 Å². The van der Waals surface area contributed by atoms with Gasteiger partial charge in [-0.15, -0.1) is 22.6 Å². The van der Waals surface area contributed by atoms with Crippen LogP contribution in [-0.4, -0.2) is 34.7 Å². The Morgan fingerprint density at radius 1 is 1.29 bits per heavy atom. The summed E-state index contributed by atoms with van der Waals surface area (Å²) in [6, 6.07) is 8.90. The first-order valence-corrected chi connectivity index (χ1v) is 8.45. The van der Waals surface area contributed by atoms with Gasteiger partial charge in [-0.05, 0) is 35.9 Å². The number of aromatic nitrogens is 2. The first kappa shape index (κ1) is 17.4. The van der Waals surface area contributed by atoms with E-state index in [1.807, 2.05) is 6.92 Å². The number of rotatable bonds is 3. The molecule has 2 unspecified atom stereocenters. The van der Waals surface area contributed by atoms with Crippen molar-refractivity contribution >= 4 is 12.4 Å². The first-order valence-electron chi connectivity index (χ1n) is 8.45. The third kappa shape index (κ3) is 3.34. The average Bonchev–Trinajstić information content (AvgIpc) is 3.15. The highest BCUT2D eigenvalue weighted by atomic mass is 35.5. The van der Waals surface area contributed by atoms with Gasteiger partial charge in [-0.25, -0.2) is 0 Å². The molecule has 1 N–H and O–H groups in total. The lowest BCUT2D eigenvalue weighted by Crippen LogP contribution is -2.42. The normalized spacial score (nSPS) is 26.8. The van der Waals surface area contributed by atoms with Crippen molar-refractivity contribution in [3.63, 3.8) is 0 Å². The van der Waals surface area contributed by atoms with Crippen molar-refractivity contribution in [1.82, 2.24) is 20.4 Å². The van der Waals surface area contributed by atoms with Crippen LogP contribution in [0.3, 0.4) is 0 Å². The molecule has 2 aromatic rings. The van der Waals surface area contributed by atoms with Crippen LogP contribution >= 0.6 is 12.4 Å². The Labute approximate surface area is 149 Å². The molecule has 0 radical (unpaired) electrons. The van der Waals surface area contributed by atoms with Gasteiger partial charge in [0.15, 0.2) is 0 Å². The molecule has 1 aromatic heterocycles. The van der Waals surface area contributed by atoms with E-state index >= 15 is 0 Å². The molecule has 6 heteroatoms. The van der Waals surface area contributed by atoms with Gasteiger partial charge in [0.2, 0.25) is 11.8 Å². The molecule has 2 atom stereocenters. The Morgan fingerprint density at radius 3 is 2.75 bits per heavy atom. The summed E-state index contributed by atoms with van der Waals surface area (Å²) in [7, 11) is 0. The number of halogens is 1. The number of nitrogens with zero attached hydrogens (tertiary/aromatic N) is 3. The van der Waals surface area contributed by atoms with Crippen LogP contribution in [0.4, 0.5) is 0 Å². The minimum atomic E-state index is 0. The second-order valence-electron chi connectivity index (χ2n) is 7.29. The summed E-state index contributed by atoms with van der Waals surface area (Å²) in [5, 5.41) is 11.9. The van der Waals surface area contributed by atoms with Crippen LogP contribution in [0, 0.1) is 12.3 Å². The SMILES string of the molecule is Cc1nnc(C2Cc3ccccc3CN2CC2(C)CCNC2)o1.Cl. The second-order valence-corrected chi connectivity index (χ2v) is 7.29. The summed E-state index contributed by atoms with van der Waals surface area (Å²) < 4.78 is 5.79. The molecule has 1 saturated heterocycles. The molecule has 0 spiro atoms. The predicted octanol–water partition coefficient (Wildman–Crippen LogP) is 2.90. The van der Waals surface area contributed by atoms with Gasteiger partial charge in [-0.1, -0.05) is 31.2 Å². The zero-order valence-corrected chi connectivity index (χ0v) is 15.1. The molecule has 1 fully saturated rings. The molecule has 3 heterocycles. The van der Waals surface area contributed by atoms with Crippen LogP contribution in [0.25, 0.3) is 0 Å². The maximum atomic E-state index is 5.79. The van der Waals surface area contributed by atoms with Gasteiger partial charge in [0.25, 0.3) is 0 Å². The first-order chi connectivity index (χ1) is 11.1. The van der Waals surface area contributed by atoms with E-state index in [1.54, 1.807) is 0 Å². The summed E-state index contributed by atoms with van der Waals surface area (Å²) in [6.07, 6.45) is 2.17. The Balaban J connectivity index is 0.00000169. The number of benzene rings is 1. The molecule has 2 aliphatic heterocycles. The summed E-state index contributed by atoms with van der Waals surface area (Å²) in [5.74, 6) is 1.40. The fraction of sp³-hybridized carbons (Fsp3) is 0.556. The third-order valence-electron chi connectivity index (χ3n) is 5.21. The lowest BCUT2D eigenvalue weighted by Gasteiger charge is -2.39. The Bertz CT molecular complexity index is 696. The minimum Gasteiger partial charge on any atom is -0.424 e. The number of hydrogen-bond donors (Lipinski definition) is 1. The number of fused-ring (bicyclic) bond motifs is 1. The molecule has 5 nitrogen and oxygen atoms in total. The van der Waals surface area contributed by atoms with Crippen molar-refractivity contribution in [3.05, 3.63) is 47.2 Å². The molecule has 2 aliphatic rings. The van der Waals surface area contributed by atoms with E-state index in [0.717, 1.165) is 38.5 Å². The van der Waals surface area contributed by atoms with Crippen LogP contribution in [0.1, 0.15) is 42.3 Å². The molecule has 0 amide bonds.